The summed E-state index contributed by atoms with van der Waals surface area (Å²) in [5.74, 6) is -0.358. The average Bonchev–Trinajstić information content (AvgIpc) is 3.04. The highest BCUT2D eigenvalue weighted by molar-refractivity contribution is 7.13. The molecule has 0 aliphatic carbocycles. The summed E-state index contributed by atoms with van der Waals surface area (Å²) in [5, 5.41) is 5.25. The smallest absolute Gasteiger partial charge is 0.311 e. The SMILES string of the molecule is COC(=O)Cc1ccc(CCc2csc(NC(C)=O)n2)n1C. The summed E-state index contributed by atoms with van der Waals surface area (Å²) in [6.45, 7) is 1.47. The molecule has 2 aromatic heterocycles. The second-order valence-corrected chi connectivity index (χ2v) is 5.81. The van der Waals surface area contributed by atoms with E-state index < -0.39 is 0 Å². The molecule has 7 heteroatoms. The second kappa shape index (κ2) is 7.22. The number of methoxy groups -OCH3 is 1. The van der Waals surface area contributed by atoms with Crippen LogP contribution in [0.15, 0.2) is 17.5 Å². The molecule has 0 radical (unpaired) electrons. The van der Waals surface area contributed by atoms with Gasteiger partial charge in [-0.1, -0.05) is 0 Å². The molecule has 0 aliphatic heterocycles. The first-order chi connectivity index (χ1) is 10.5. The minimum absolute atomic E-state index is 0.115. The van der Waals surface area contributed by atoms with Crippen LogP contribution in [0.25, 0.3) is 0 Å². The number of nitrogens with zero attached hydrogens (tertiary/aromatic N) is 2. The molecule has 2 rings (SSSR count). The van der Waals surface area contributed by atoms with Gasteiger partial charge in [0.1, 0.15) is 0 Å². The highest BCUT2D eigenvalue weighted by Gasteiger charge is 2.10. The summed E-state index contributed by atoms with van der Waals surface area (Å²) in [4.78, 5) is 26.7. The van der Waals surface area contributed by atoms with E-state index >= 15 is 0 Å². The Labute approximate surface area is 133 Å². The molecular formula is C15H19N3O3S. The minimum atomic E-state index is -0.243. The highest BCUT2D eigenvalue weighted by atomic mass is 32.1. The third kappa shape index (κ3) is 4.17. The van der Waals surface area contributed by atoms with Gasteiger partial charge in [-0.3, -0.25) is 9.59 Å². The zero-order chi connectivity index (χ0) is 16.1. The van der Waals surface area contributed by atoms with Crippen molar-refractivity contribution in [3.05, 3.63) is 34.6 Å². The lowest BCUT2D eigenvalue weighted by Gasteiger charge is -2.06. The van der Waals surface area contributed by atoms with Gasteiger partial charge in [-0.2, -0.15) is 0 Å². The number of aryl methyl sites for hydroxylation is 2. The van der Waals surface area contributed by atoms with Crippen molar-refractivity contribution in [2.45, 2.75) is 26.2 Å². The largest absolute Gasteiger partial charge is 0.469 e. The molecule has 22 heavy (non-hydrogen) atoms. The fourth-order valence-corrected chi connectivity index (χ4v) is 2.93. The molecule has 0 atom stereocenters. The van der Waals surface area contributed by atoms with Gasteiger partial charge in [-0.25, -0.2) is 4.98 Å². The molecule has 2 aromatic rings. The van der Waals surface area contributed by atoms with Crippen LogP contribution in [0.3, 0.4) is 0 Å². The fourth-order valence-electron chi connectivity index (χ4n) is 2.13. The molecule has 0 saturated heterocycles. The van der Waals surface area contributed by atoms with E-state index in [0.717, 1.165) is 29.9 Å². The Bertz CT molecular complexity index is 675. The number of anilines is 1. The van der Waals surface area contributed by atoms with Gasteiger partial charge in [-0.15, -0.1) is 11.3 Å². The van der Waals surface area contributed by atoms with E-state index in [1.165, 1.54) is 25.4 Å². The van der Waals surface area contributed by atoms with E-state index in [4.69, 9.17) is 0 Å². The lowest BCUT2D eigenvalue weighted by atomic mass is 10.2. The number of ether oxygens (including phenoxy) is 1. The average molecular weight is 321 g/mol. The maximum Gasteiger partial charge on any atom is 0.311 e. The van der Waals surface area contributed by atoms with Gasteiger partial charge in [0.2, 0.25) is 5.91 Å². The molecule has 1 N–H and O–H groups in total. The molecule has 2 heterocycles. The van der Waals surface area contributed by atoms with Gasteiger partial charge >= 0.3 is 5.97 Å². The van der Waals surface area contributed by atoms with Gasteiger partial charge in [0.15, 0.2) is 5.13 Å². The topological polar surface area (TPSA) is 73.2 Å². The van der Waals surface area contributed by atoms with E-state index in [9.17, 15) is 9.59 Å². The molecule has 0 aromatic carbocycles. The molecule has 1 amide bonds. The number of amides is 1. The van der Waals surface area contributed by atoms with E-state index in [0.29, 0.717) is 5.13 Å². The van der Waals surface area contributed by atoms with Crippen molar-refractivity contribution in [3.63, 3.8) is 0 Å². The van der Waals surface area contributed by atoms with Crippen LogP contribution in [0.1, 0.15) is 24.0 Å². The molecule has 0 bridgehead atoms. The number of thiazole rings is 1. The number of hydrogen-bond donors (Lipinski definition) is 1. The van der Waals surface area contributed by atoms with Crippen molar-refractivity contribution in [1.82, 2.24) is 9.55 Å². The molecule has 0 aliphatic rings. The van der Waals surface area contributed by atoms with Crippen LogP contribution in [0, 0.1) is 0 Å². The zero-order valence-electron chi connectivity index (χ0n) is 12.9. The standard InChI is InChI=1S/C15H19N3O3S/c1-10(19)16-15-17-11(9-22-15)4-5-12-6-7-13(18(12)2)8-14(20)21-3/h6-7,9H,4-5,8H2,1-3H3,(H,16,17,19). The third-order valence-corrected chi connectivity index (χ3v) is 4.16. The van der Waals surface area contributed by atoms with Gasteiger partial charge in [0.05, 0.1) is 19.2 Å². The van der Waals surface area contributed by atoms with Crippen molar-refractivity contribution in [3.8, 4) is 0 Å². The predicted molar refractivity (Wildman–Crippen MR) is 85.0 cm³/mol. The highest BCUT2D eigenvalue weighted by Crippen LogP contribution is 2.17. The van der Waals surface area contributed by atoms with E-state index in [1.807, 2.05) is 29.1 Å². The quantitative estimate of drug-likeness (QED) is 0.825. The van der Waals surface area contributed by atoms with Crippen LogP contribution in [0.4, 0.5) is 5.13 Å². The van der Waals surface area contributed by atoms with Crippen molar-refractivity contribution in [2.75, 3.05) is 12.4 Å². The minimum Gasteiger partial charge on any atom is -0.469 e. The van der Waals surface area contributed by atoms with Crippen molar-refractivity contribution in [2.24, 2.45) is 7.05 Å². The van der Waals surface area contributed by atoms with Crippen LogP contribution in [0.5, 0.6) is 0 Å². The van der Waals surface area contributed by atoms with Crippen LogP contribution >= 0.6 is 11.3 Å². The number of esters is 1. The molecule has 6 nitrogen and oxygen atoms in total. The number of carbonyl (C=O) groups excluding carboxylic acids is 2. The zero-order valence-corrected chi connectivity index (χ0v) is 13.7. The van der Waals surface area contributed by atoms with E-state index in [-0.39, 0.29) is 18.3 Å². The summed E-state index contributed by atoms with van der Waals surface area (Å²) in [6, 6.07) is 3.95. The Hall–Kier alpha value is -2.15. The molecule has 0 unspecified atom stereocenters. The van der Waals surface area contributed by atoms with E-state index in [2.05, 4.69) is 15.0 Å². The Morgan fingerprint density at radius 3 is 2.73 bits per heavy atom. The summed E-state index contributed by atoms with van der Waals surface area (Å²) >= 11 is 1.42. The molecular weight excluding hydrogens is 302 g/mol. The number of carbonyl (C=O) groups is 2. The molecule has 0 spiro atoms. The Balaban J connectivity index is 1.95. The van der Waals surface area contributed by atoms with Crippen LogP contribution < -0.4 is 5.32 Å². The first-order valence-electron chi connectivity index (χ1n) is 6.92. The van der Waals surface area contributed by atoms with Crippen molar-refractivity contribution in [1.29, 1.82) is 0 Å². The van der Waals surface area contributed by atoms with Gasteiger partial charge in [-0.05, 0) is 25.0 Å². The number of nitrogens with one attached hydrogen (secondary N) is 1. The number of aromatic nitrogens is 2. The molecule has 0 fully saturated rings. The lowest BCUT2D eigenvalue weighted by molar-refractivity contribution is -0.139. The Kier molecular flexibility index (Phi) is 5.32. The summed E-state index contributed by atoms with van der Waals surface area (Å²) in [5.41, 5.74) is 3.01. The normalized spacial score (nSPS) is 10.5. The maximum absolute atomic E-state index is 11.3. The van der Waals surface area contributed by atoms with Crippen molar-refractivity contribution >= 4 is 28.3 Å². The Morgan fingerprint density at radius 1 is 1.32 bits per heavy atom. The predicted octanol–water partition coefficient (Wildman–Crippen LogP) is 1.94. The summed E-state index contributed by atoms with van der Waals surface area (Å²) in [7, 11) is 3.33. The molecule has 0 saturated carbocycles. The number of hydrogen-bond acceptors (Lipinski definition) is 5. The first-order valence-corrected chi connectivity index (χ1v) is 7.80. The maximum atomic E-state index is 11.3. The van der Waals surface area contributed by atoms with Crippen LogP contribution in [-0.4, -0.2) is 28.5 Å². The number of rotatable bonds is 6. The van der Waals surface area contributed by atoms with Gasteiger partial charge < -0.3 is 14.6 Å². The monoisotopic (exact) mass is 321 g/mol. The second-order valence-electron chi connectivity index (χ2n) is 4.95. The molecule has 118 valence electrons. The first kappa shape index (κ1) is 16.2. The van der Waals surface area contributed by atoms with Gasteiger partial charge in [0.25, 0.3) is 0 Å². The van der Waals surface area contributed by atoms with Crippen LogP contribution in [0.2, 0.25) is 0 Å². The summed E-state index contributed by atoms with van der Waals surface area (Å²) < 4.78 is 6.70. The van der Waals surface area contributed by atoms with Crippen LogP contribution in [-0.2, 0) is 40.6 Å². The van der Waals surface area contributed by atoms with E-state index in [1.54, 1.807) is 0 Å². The van der Waals surface area contributed by atoms with Crippen molar-refractivity contribution < 1.29 is 14.3 Å². The fraction of sp³-hybridized carbons (Fsp3) is 0.400. The third-order valence-electron chi connectivity index (χ3n) is 3.35. The lowest BCUT2D eigenvalue weighted by Crippen LogP contribution is -2.10. The Morgan fingerprint density at radius 2 is 2.05 bits per heavy atom. The summed E-state index contributed by atoms with van der Waals surface area (Å²) in [6.07, 6.45) is 1.88. The van der Waals surface area contributed by atoms with Gasteiger partial charge in [0, 0.05) is 30.7 Å².